The number of rotatable bonds is 10. The summed E-state index contributed by atoms with van der Waals surface area (Å²) < 4.78 is 21.4. The van der Waals surface area contributed by atoms with Crippen molar-refractivity contribution in [1.82, 2.24) is 29.4 Å². The molecule has 1 atom stereocenters. The second-order valence-corrected chi connectivity index (χ2v) is 12.6. The van der Waals surface area contributed by atoms with Crippen LogP contribution < -0.4 is 15.4 Å². The Bertz CT molecular complexity index is 1910. The Balaban J connectivity index is 0.905. The number of ether oxygens (including phenoxy) is 3. The molecule has 2 fully saturated rings. The van der Waals surface area contributed by atoms with E-state index >= 15 is 0 Å². The lowest BCUT2D eigenvalue weighted by molar-refractivity contribution is -0.0394. The fourth-order valence-electron chi connectivity index (χ4n) is 6.73. The molecule has 3 aliphatic heterocycles. The summed E-state index contributed by atoms with van der Waals surface area (Å²) in [7, 11) is 0. The third-order valence-corrected chi connectivity index (χ3v) is 9.37. The summed E-state index contributed by atoms with van der Waals surface area (Å²) in [6.45, 7) is 7.13. The first-order valence-electron chi connectivity index (χ1n) is 16.9. The zero-order valence-corrected chi connectivity index (χ0v) is 26.9. The van der Waals surface area contributed by atoms with Gasteiger partial charge in [0.05, 0.1) is 44.3 Å². The molecule has 12 heteroatoms. The normalized spacial score (nSPS) is 18.0. The molecule has 2 saturated heterocycles. The molecule has 48 heavy (non-hydrogen) atoms. The van der Waals surface area contributed by atoms with Crippen molar-refractivity contribution >= 4 is 28.3 Å². The van der Waals surface area contributed by atoms with Crippen LogP contribution in [0.4, 0.5) is 11.5 Å². The molecule has 2 N–H and O–H groups in total. The Kier molecular flexibility index (Phi) is 8.75. The molecule has 8 rings (SSSR count). The molecule has 1 amide bonds. The number of benzene rings is 2. The average molecular weight is 649 g/mol. The number of aromatic nitrogens is 5. The van der Waals surface area contributed by atoms with Crippen molar-refractivity contribution in [3.05, 3.63) is 83.9 Å². The van der Waals surface area contributed by atoms with Crippen molar-refractivity contribution < 1.29 is 19.0 Å². The van der Waals surface area contributed by atoms with E-state index < -0.39 is 0 Å². The SMILES string of the molecule is O=C(Nc1cccc(CNc2ncc(-c3cnn(C4CCCCO4)c3)c3c2CCO3)c1)c1ccc2c(cnn2CCN2CCOCC2)c1. The van der Waals surface area contributed by atoms with Gasteiger partial charge >= 0.3 is 0 Å². The second-order valence-electron chi connectivity index (χ2n) is 12.6. The first-order chi connectivity index (χ1) is 23.7. The minimum atomic E-state index is -0.159. The highest BCUT2D eigenvalue weighted by Gasteiger charge is 2.24. The summed E-state index contributed by atoms with van der Waals surface area (Å²) in [6.07, 6.45) is 11.6. The zero-order valence-electron chi connectivity index (χ0n) is 26.9. The van der Waals surface area contributed by atoms with Crippen LogP contribution in [0.3, 0.4) is 0 Å². The van der Waals surface area contributed by atoms with Gasteiger partial charge in [-0.1, -0.05) is 12.1 Å². The zero-order chi connectivity index (χ0) is 32.3. The number of hydrogen-bond donors (Lipinski definition) is 2. The van der Waals surface area contributed by atoms with Crippen molar-refractivity contribution in [2.24, 2.45) is 0 Å². The molecule has 248 valence electrons. The molecule has 0 aliphatic carbocycles. The Hall–Kier alpha value is -4.78. The summed E-state index contributed by atoms with van der Waals surface area (Å²) in [5.41, 5.74) is 6.36. The molecule has 0 radical (unpaired) electrons. The summed E-state index contributed by atoms with van der Waals surface area (Å²) >= 11 is 0. The summed E-state index contributed by atoms with van der Waals surface area (Å²) in [5.74, 6) is 1.51. The van der Waals surface area contributed by atoms with E-state index in [0.29, 0.717) is 18.7 Å². The quantitative estimate of drug-likeness (QED) is 0.213. The van der Waals surface area contributed by atoms with Crippen LogP contribution in [0, 0.1) is 0 Å². The van der Waals surface area contributed by atoms with Crippen LogP contribution in [-0.2, 0) is 29.0 Å². The number of anilines is 2. The molecule has 1 unspecified atom stereocenters. The van der Waals surface area contributed by atoms with E-state index in [2.05, 4.69) is 25.7 Å². The number of pyridine rings is 1. The van der Waals surface area contributed by atoms with Crippen LogP contribution in [-0.4, -0.2) is 81.4 Å². The van der Waals surface area contributed by atoms with Gasteiger partial charge in [-0.15, -0.1) is 0 Å². The maximum absolute atomic E-state index is 13.2. The fraction of sp³-hybridized carbons (Fsp3) is 0.389. The number of morpholine rings is 1. The highest BCUT2D eigenvalue weighted by atomic mass is 16.5. The molecule has 3 aromatic heterocycles. The predicted octanol–water partition coefficient (Wildman–Crippen LogP) is 5.13. The van der Waals surface area contributed by atoms with Crippen molar-refractivity contribution in [2.75, 3.05) is 56.7 Å². The fourth-order valence-corrected chi connectivity index (χ4v) is 6.73. The van der Waals surface area contributed by atoms with E-state index in [1.807, 2.05) is 76.6 Å². The van der Waals surface area contributed by atoms with Gasteiger partial charge in [0.1, 0.15) is 17.8 Å². The number of fused-ring (bicyclic) bond motifs is 2. The molecular weight excluding hydrogens is 608 g/mol. The summed E-state index contributed by atoms with van der Waals surface area (Å²) in [5, 5.41) is 16.7. The largest absolute Gasteiger partial charge is 0.492 e. The maximum atomic E-state index is 13.2. The van der Waals surface area contributed by atoms with E-state index in [0.717, 1.165) is 122 Å². The van der Waals surface area contributed by atoms with E-state index in [9.17, 15) is 4.79 Å². The Morgan fingerprint density at radius 3 is 2.79 bits per heavy atom. The topological polar surface area (TPSA) is 121 Å². The van der Waals surface area contributed by atoms with E-state index in [1.165, 1.54) is 0 Å². The van der Waals surface area contributed by atoms with E-state index in [4.69, 9.17) is 19.2 Å². The molecule has 3 aliphatic rings. The van der Waals surface area contributed by atoms with Crippen LogP contribution in [0.2, 0.25) is 0 Å². The molecule has 2 aromatic carbocycles. The Labute approximate surface area is 279 Å². The van der Waals surface area contributed by atoms with Crippen molar-refractivity contribution in [2.45, 2.75) is 45.0 Å². The van der Waals surface area contributed by atoms with E-state index in [1.54, 1.807) is 0 Å². The highest BCUT2D eigenvalue weighted by Crippen LogP contribution is 2.40. The first-order valence-corrected chi connectivity index (χ1v) is 16.9. The van der Waals surface area contributed by atoms with Crippen LogP contribution in [0.5, 0.6) is 5.75 Å². The number of nitrogens with one attached hydrogen (secondary N) is 2. The molecule has 0 spiro atoms. The molecule has 0 saturated carbocycles. The van der Waals surface area contributed by atoms with Gasteiger partial charge < -0.3 is 24.8 Å². The summed E-state index contributed by atoms with van der Waals surface area (Å²) in [4.78, 5) is 20.4. The molecule has 6 heterocycles. The lowest BCUT2D eigenvalue weighted by Gasteiger charge is -2.26. The number of hydrogen-bond acceptors (Lipinski definition) is 9. The second kappa shape index (κ2) is 13.8. The van der Waals surface area contributed by atoms with Gasteiger partial charge in [-0.25, -0.2) is 9.67 Å². The first kappa shape index (κ1) is 30.5. The standard InChI is InChI=1S/C36H40N8O4/c45-36(26-7-8-32-27(19-26)21-39-43(32)11-10-42-12-16-46-17-13-42)41-29-5-3-4-25(18-29)20-37-35-30-9-15-48-34(30)31(23-38-35)28-22-40-44(24-28)33-6-1-2-14-47-33/h3-5,7-8,18-19,21-24,33H,1-2,6,9-17,20H2,(H,37,38)(H,41,45). The van der Waals surface area contributed by atoms with Gasteiger partial charge in [0, 0.05) is 84.9 Å². The molecule has 5 aromatic rings. The van der Waals surface area contributed by atoms with Gasteiger partial charge in [0.25, 0.3) is 5.91 Å². The van der Waals surface area contributed by atoms with Crippen LogP contribution >= 0.6 is 0 Å². The van der Waals surface area contributed by atoms with E-state index in [-0.39, 0.29) is 12.1 Å². The molecule has 0 bridgehead atoms. The summed E-state index contributed by atoms with van der Waals surface area (Å²) in [6, 6.07) is 13.6. The average Bonchev–Trinajstić information content (AvgIpc) is 3.91. The smallest absolute Gasteiger partial charge is 0.255 e. The van der Waals surface area contributed by atoms with Crippen LogP contribution in [0.25, 0.3) is 22.0 Å². The number of amides is 1. The predicted molar refractivity (Wildman–Crippen MR) is 182 cm³/mol. The minimum Gasteiger partial charge on any atom is -0.492 e. The number of carbonyl (C=O) groups is 1. The van der Waals surface area contributed by atoms with Gasteiger partial charge in [0.15, 0.2) is 0 Å². The van der Waals surface area contributed by atoms with Crippen LogP contribution in [0.15, 0.2) is 67.3 Å². The van der Waals surface area contributed by atoms with Crippen LogP contribution in [0.1, 0.15) is 47.0 Å². The number of carbonyl (C=O) groups excluding carboxylic acids is 1. The van der Waals surface area contributed by atoms with Gasteiger partial charge in [0.2, 0.25) is 0 Å². The van der Waals surface area contributed by atoms with Crippen molar-refractivity contribution in [3.8, 4) is 16.9 Å². The minimum absolute atomic E-state index is 0.0133. The lowest BCUT2D eigenvalue weighted by atomic mass is 10.1. The van der Waals surface area contributed by atoms with Gasteiger partial charge in [-0.05, 0) is 55.2 Å². The molecular formula is C36H40N8O4. The Morgan fingerprint density at radius 2 is 1.90 bits per heavy atom. The number of nitrogens with zero attached hydrogens (tertiary/aromatic N) is 6. The third kappa shape index (κ3) is 6.51. The maximum Gasteiger partial charge on any atom is 0.255 e. The lowest BCUT2D eigenvalue weighted by Crippen LogP contribution is -2.38. The monoisotopic (exact) mass is 648 g/mol. The Morgan fingerprint density at radius 1 is 0.958 bits per heavy atom. The van der Waals surface area contributed by atoms with Crippen molar-refractivity contribution in [3.63, 3.8) is 0 Å². The third-order valence-electron chi connectivity index (χ3n) is 9.37. The highest BCUT2D eigenvalue weighted by molar-refractivity contribution is 6.06. The van der Waals surface area contributed by atoms with Crippen molar-refractivity contribution in [1.29, 1.82) is 0 Å². The van der Waals surface area contributed by atoms with Gasteiger partial charge in [-0.3, -0.25) is 14.4 Å². The van der Waals surface area contributed by atoms with Gasteiger partial charge in [-0.2, -0.15) is 10.2 Å². The molecule has 12 nitrogen and oxygen atoms in total.